The highest BCUT2D eigenvalue weighted by atomic mass is 35.5. The smallest absolute Gasteiger partial charge is 0.149 e. The van der Waals surface area contributed by atoms with Crippen LogP contribution in [0, 0.1) is 12.7 Å². The number of aryl methyl sites for hydroxylation is 1. The van der Waals surface area contributed by atoms with Gasteiger partial charge in [-0.25, -0.2) is 4.39 Å². The number of phenolic OH excluding ortho intramolecular Hbond substituents is 1. The number of anilines is 1. The number of nitrogens with one attached hydrogen (secondary N) is 1. The van der Waals surface area contributed by atoms with E-state index in [-0.39, 0.29) is 11.6 Å². The maximum Gasteiger partial charge on any atom is 0.149 e. The van der Waals surface area contributed by atoms with Crippen LogP contribution in [0.2, 0.25) is 5.02 Å². The summed E-state index contributed by atoms with van der Waals surface area (Å²) in [5.41, 5.74) is 1.93. The summed E-state index contributed by atoms with van der Waals surface area (Å²) in [4.78, 5) is 0. The van der Waals surface area contributed by atoms with E-state index in [9.17, 15) is 9.50 Å². The summed E-state index contributed by atoms with van der Waals surface area (Å²) in [5.74, 6) is -0.204. The molecule has 0 unspecified atom stereocenters. The van der Waals surface area contributed by atoms with Crippen molar-refractivity contribution in [1.82, 2.24) is 0 Å². The Morgan fingerprint density at radius 1 is 1.28 bits per heavy atom. The molecule has 0 fully saturated rings. The number of aromatic hydroxyl groups is 1. The van der Waals surface area contributed by atoms with Gasteiger partial charge in [0.2, 0.25) is 0 Å². The van der Waals surface area contributed by atoms with Crippen LogP contribution in [-0.4, -0.2) is 5.11 Å². The molecular weight excluding hydrogens is 253 g/mol. The van der Waals surface area contributed by atoms with Crippen molar-refractivity contribution >= 4 is 17.3 Å². The molecule has 0 saturated heterocycles. The average molecular weight is 266 g/mol. The van der Waals surface area contributed by atoms with Crippen LogP contribution in [-0.2, 0) is 6.54 Å². The molecule has 2 N–H and O–H groups in total. The van der Waals surface area contributed by atoms with Crippen LogP contribution >= 0.6 is 11.6 Å². The van der Waals surface area contributed by atoms with Crippen LogP contribution in [0.25, 0.3) is 0 Å². The first kappa shape index (κ1) is 12.7. The van der Waals surface area contributed by atoms with Gasteiger partial charge in [-0.15, -0.1) is 0 Å². The number of phenols is 1. The molecule has 94 valence electrons. The number of benzene rings is 2. The molecule has 0 aliphatic carbocycles. The number of rotatable bonds is 3. The molecule has 2 rings (SSSR count). The highest BCUT2D eigenvalue weighted by Gasteiger charge is 2.05. The maximum atomic E-state index is 13.7. The first-order valence-corrected chi connectivity index (χ1v) is 5.92. The van der Waals surface area contributed by atoms with Gasteiger partial charge in [-0.05, 0) is 36.2 Å². The minimum absolute atomic E-state index is 0.0437. The SMILES string of the molecule is Cc1cccc(NCc2ccc(O)c(Cl)c2)c1F. The van der Waals surface area contributed by atoms with Gasteiger partial charge in [-0.1, -0.05) is 29.8 Å². The van der Waals surface area contributed by atoms with Crippen molar-refractivity contribution in [1.29, 1.82) is 0 Å². The van der Waals surface area contributed by atoms with Crippen molar-refractivity contribution in [3.05, 3.63) is 58.4 Å². The lowest BCUT2D eigenvalue weighted by atomic mass is 10.2. The Morgan fingerprint density at radius 3 is 2.78 bits per heavy atom. The van der Waals surface area contributed by atoms with Crippen LogP contribution in [0.1, 0.15) is 11.1 Å². The highest BCUT2D eigenvalue weighted by molar-refractivity contribution is 6.32. The lowest BCUT2D eigenvalue weighted by Crippen LogP contribution is -2.02. The fourth-order valence-electron chi connectivity index (χ4n) is 1.64. The van der Waals surface area contributed by atoms with Crippen LogP contribution < -0.4 is 5.32 Å². The Bertz CT molecular complexity index is 572. The van der Waals surface area contributed by atoms with Gasteiger partial charge in [-0.3, -0.25) is 0 Å². The van der Waals surface area contributed by atoms with Gasteiger partial charge in [0, 0.05) is 6.54 Å². The largest absolute Gasteiger partial charge is 0.506 e. The monoisotopic (exact) mass is 265 g/mol. The lowest BCUT2D eigenvalue weighted by molar-refractivity contribution is 0.475. The molecule has 0 amide bonds. The Morgan fingerprint density at radius 2 is 2.06 bits per heavy atom. The van der Waals surface area contributed by atoms with Crippen LogP contribution in [0.5, 0.6) is 5.75 Å². The number of hydrogen-bond acceptors (Lipinski definition) is 2. The summed E-state index contributed by atoms with van der Waals surface area (Å²) in [6.07, 6.45) is 0. The molecule has 0 radical (unpaired) electrons. The van der Waals surface area contributed by atoms with Crippen molar-refractivity contribution in [2.24, 2.45) is 0 Å². The zero-order valence-corrected chi connectivity index (χ0v) is 10.6. The third kappa shape index (κ3) is 2.74. The standard InChI is InChI=1S/C14H13ClFNO/c1-9-3-2-4-12(14(9)16)17-8-10-5-6-13(18)11(15)7-10/h2-7,17-18H,8H2,1H3. The second kappa shape index (κ2) is 5.27. The first-order valence-electron chi connectivity index (χ1n) is 5.54. The molecule has 0 saturated carbocycles. The van der Waals surface area contributed by atoms with E-state index in [1.807, 2.05) is 0 Å². The third-order valence-corrected chi connectivity index (χ3v) is 2.99. The molecule has 0 aliphatic rings. The average Bonchev–Trinajstić information content (AvgIpc) is 2.35. The van der Waals surface area contributed by atoms with E-state index in [0.717, 1.165) is 5.56 Å². The first-order chi connectivity index (χ1) is 8.58. The molecule has 0 aromatic heterocycles. The Hall–Kier alpha value is -1.74. The molecule has 0 spiro atoms. The lowest BCUT2D eigenvalue weighted by Gasteiger charge is -2.09. The molecule has 2 nitrogen and oxygen atoms in total. The van der Waals surface area contributed by atoms with Crippen molar-refractivity contribution in [2.75, 3.05) is 5.32 Å². The second-order valence-electron chi connectivity index (χ2n) is 4.08. The van der Waals surface area contributed by atoms with Gasteiger partial charge >= 0.3 is 0 Å². The zero-order chi connectivity index (χ0) is 13.1. The minimum atomic E-state index is -0.248. The molecular formula is C14H13ClFNO. The van der Waals surface area contributed by atoms with Crippen molar-refractivity contribution in [3.63, 3.8) is 0 Å². The van der Waals surface area contributed by atoms with Crippen LogP contribution in [0.15, 0.2) is 36.4 Å². The van der Waals surface area contributed by atoms with E-state index in [4.69, 9.17) is 11.6 Å². The van der Waals surface area contributed by atoms with E-state index in [1.165, 1.54) is 6.07 Å². The molecule has 0 heterocycles. The molecule has 0 atom stereocenters. The van der Waals surface area contributed by atoms with Crippen LogP contribution in [0.4, 0.5) is 10.1 Å². The quantitative estimate of drug-likeness (QED) is 0.875. The van der Waals surface area contributed by atoms with E-state index in [2.05, 4.69) is 5.32 Å². The van der Waals surface area contributed by atoms with Gasteiger partial charge < -0.3 is 10.4 Å². The normalized spacial score (nSPS) is 10.4. The van der Waals surface area contributed by atoms with Crippen LogP contribution in [0.3, 0.4) is 0 Å². The molecule has 4 heteroatoms. The number of halogens is 2. The Kier molecular flexibility index (Phi) is 3.72. The maximum absolute atomic E-state index is 13.7. The van der Waals surface area contributed by atoms with Crippen molar-refractivity contribution < 1.29 is 9.50 Å². The summed E-state index contributed by atoms with van der Waals surface area (Å²) >= 11 is 5.80. The minimum Gasteiger partial charge on any atom is -0.506 e. The molecule has 18 heavy (non-hydrogen) atoms. The molecule has 0 bridgehead atoms. The van der Waals surface area contributed by atoms with E-state index in [0.29, 0.717) is 22.8 Å². The summed E-state index contributed by atoms with van der Waals surface area (Å²) in [7, 11) is 0. The topological polar surface area (TPSA) is 32.3 Å². The molecule has 0 aliphatic heterocycles. The van der Waals surface area contributed by atoms with Gasteiger partial charge in [0.1, 0.15) is 11.6 Å². The predicted octanol–water partition coefficient (Wildman–Crippen LogP) is 4.11. The predicted molar refractivity (Wildman–Crippen MR) is 71.6 cm³/mol. The molecule has 2 aromatic rings. The summed E-state index contributed by atoms with van der Waals surface area (Å²) < 4.78 is 13.7. The fraction of sp³-hybridized carbons (Fsp3) is 0.143. The second-order valence-corrected chi connectivity index (χ2v) is 4.48. The Balaban J connectivity index is 2.11. The van der Waals surface area contributed by atoms with Gasteiger partial charge in [0.05, 0.1) is 10.7 Å². The Labute approximate surface area is 110 Å². The third-order valence-electron chi connectivity index (χ3n) is 2.69. The summed E-state index contributed by atoms with van der Waals surface area (Å²) in [6.45, 7) is 2.16. The number of hydrogen-bond donors (Lipinski definition) is 2. The highest BCUT2D eigenvalue weighted by Crippen LogP contribution is 2.24. The van der Waals surface area contributed by atoms with Crippen molar-refractivity contribution in [3.8, 4) is 5.75 Å². The van der Waals surface area contributed by atoms with Crippen molar-refractivity contribution in [2.45, 2.75) is 13.5 Å². The van der Waals surface area contributed by atoms with E-state index < -0.39 is 0 Å². The van der Waals surface area contributed by atoms with E-state index in [1.54, 1.807) is 37.3 Å². The van der Waals surface area contributed by atoms with Gasteiger partial charge in [-0.2, -0.15) is 0 Å². The van der Waals surface area contributed by atoms with Gasteiger partial charge in [0.25, 0.3) is 0 Å². The summed E-state index contributed by atoms with van der Waals surface area (Å²) in [5, 5.41) is 12.6. The fourth-order valence-corrected chi connectivity index (χ4v) is 1.84. The molecule has 2 aromatic carbocycles. The van der Waals surface area contributed by atoms with Gasteiger partial charge in [0.15, 0.2) is 0 Å². The summed E-state index contributed by atoms with van der Waals surface area (Å²) in [6, 6.07) is 10.1. The zero-order valence-electron chi connectivity index (χ0n) is 9.87. The van der Waals surface area contributed by atoms with E-state index >= 15 is 0 Å².